The standard InChI is InChI=1S/C48H92O6/c1-5-7-9-11-13-15-17-18-19-24-27-31-35-39-46(49)52-42-45(54-48(51)41-37-33-29-23-16-14-12-10-8-6-2)43-53-47(50)40-36-32-28-25-21-20-22-26-30-34-38-44(3)4/h44-45H,5-43H2,1-4H3/t45-/m1/s1. The predicted octanol–water partition coefficient (Wildman–Crippen LogP) is 15.1. The summed E-state index contributed by atoms with van der Waals surface area (Å²) in [4.78, 5) is 37.7. The van der Waals surface area contributed by atoms with Crippen LogP contribution in [0.2, 0.25) is 0 Å². The molecule has 0 heterocycles. The highest BCUT2D eigenvalue weighted by atomic mass is 16.6. The zero-order valence-electron chi connectivity index (χ0n) is 36.7. The second-order valence-corrected chi connectivity index (χ2v) is 16.9. The highest BCUT2D eigenvalue weighted by Gasteiger charge is 2.19. The zero-order valence-corrected chi connectivity index (χ0v) is 36.7. The van der Waals surface area contributed by atoms with Crippen LogP contribution in [0, 0.1) is 5.92 Å². The number of esters is 3. The Bertz CT molecular complexity index is 811. The number of unbranched alkanes of at least 4 members (excludes halogenated alkanes) is 30. The van der Waals surface area contributed by atoms with E-state index in [0.29, 0.717) is 19.3 Å². The normalized spacial score (nSPS) is 11.9. The van der Waals surface area contributed by atoms with Gasteiger partial charge in [0.15, 0.2) is 6.10 Å². The van der Waals surface area contributed by atoms with Crippen LogP contribution in [-0.2, 0) is 28.6 Å². The van der Waals surface area contributed by atoms with Crippen molar-refractivity contribution >= 4 is 17.9 Å². The van der Waals surface area contributed by atoms with Gasteiger partial charge >= 0.3 is 17.9 Å². The number of carbonyl (C=O) groups is 3. The van der Waals surface area contributed by atoms with Crippen LogP contribution in [0.4, 0.5) is 0 Å². The lowest BCUT2D eigenvalue weighted by Crippen LogP contribution is -2.30. The third kappa shape index (κ3) is 41.6. The minimum atomic E-state index is -0.759. The summed E-state index contributed by atoms with van der Waals surface area (Å²) >= 11 is 0. The van der Waals surface area contributed by atoms with E-state index in [0.717, 1.165) is 63.7 Å². The molecule has 0 radical (unpaired) electrons. The van der Waals surface area contributed by atoms with Crippen LogP contribution in [-0.4, -0.2) is 37.2 Å². The molecule has 0 fully saturated rings. The summed E-state index contributed by atoms with van der Waals surface area (Å²) in [6.07, 6.45) is 42.2. The molecule has 0 spiro atoms. The van der Waals surface area contributed by atoms with E-state index in [1.807, 2.05) is 0 Å². The maximum absolute atomic E-state index is 12.7. The van der Waals surface area contributed by atoms with E-state index in [2.05, 4.69) is 27.7 Å². The fourth-order valence-corrected chi connectivity index (χ4v) is 7.16. The fourth-order valence-electron chi connectivity index (χ4n) is 7.16. The Morgan fingerprint density at radius 3 is 0.907 bits per heavy atom. The van der Waals surface area contributed by atoms with E-state index in [9.17, 15) is 14.4 Å². The van der Waals surface area contributed by atoms with Gasteiger partial charge < -0.3 is 14.2 Å². The average molecular weight is 765 g/mol. The predicted molar refractivity (Wildman–Crippen MR) is 229 cm³/mol. The minimum Gasteiger partial charge on any atom is -0.462 e. The smallest absolute Gasteiger partial charge is 0.306 e. The number of carbonyl (C=O) groups excluding carboxylic acids is 3. The van der Waals surface area contributed by atoms with E-state index in [4.69, 9.17) is 14.2 Å². The molecule has 0 aliphatic heterocycles. The van der Waals surface area contributed by atoms with Crippen molar-refractivity contribution < 1.29 is 28.6 Å². The van der Waals surface area contributed by atoms with Crippen LogP contribution in [0.5, 0.6) is 0 Å². The maximum atomic E-state index is 12.7. The van der Waals surface area contributed by atoms with Crippen LogP contribution in [0.3, 0.4) is 0 Å². The third-order valence-corrected chi connectivity index (χ3v) is 10.8. The molecule has 0 bridgehead atoms. The van der Waals surface area contributed by atoms with Crippen molar-refractivity contribution in [1.82, 2.24) is 0 Å². The van der Waals surface area contributed by atoms with Gasteiger partial charge in [-0.25, -0.2) is 0 Å². The van der Waals surface area contributed by atoms with Crippen molar-refractivity contribution in [2.45, 2.75) is 271 Å². The fraction of sp³-hybridized carbons (Fsp3) is 0.938. The largest absolute Gasteiger partial charge is 0.462 e. The first-order chi connectivity index (χ1) is 26.4. The molecule has 320 valence electrons. The van der Waals surface area contributed by atoms with Gasteiger partial charge in [0.25, 0.3) is 0 Å². The third-order valence-electron chi connectivity index (χ3n) is 10.8. The first kappa shape index (κ1) is 52.4. The summed E-state index contributed by atoms with van der Waals surface area (Å²) in [5.41, 5.74) is 0. The molecule has 0 amide bonds. The quantitative estimate of drug-likeness (QED) is 0.0349. The summed E-state index contributed by atoms with van der Waals surface area (Å²) in [7, 11) is 0. The minimum absolute atomic E-state index is 0.0634. The maximum Gasteiger partial charge on any atom is 0.306 e. The highest BCUT2D eigenvalue weighted by Crippen LogP contribution is 2.16. The van der Waals surface area contributed by atoms with Crippen molar-refractivity contribution in [2.24, 2.45) is 5.92 Å². The summed E-state index contributed by atoms with van der Waals surface area (Å²) in [6.45, 7) is 8.98. The Hall–Kier alpha value is -1.59. The van der Waals surface area contributed by atoms with E-state index < -0.39 is 6.10 Å². The number of ether oxygens (including phenoxy) is 3. The number of hydrogen-bond donors (Lipinski definition) is 0. The van der Waals surface area contributed by atoms with Crippen molar-refractivity contribution in [3.05, 3.63) is 0 Å². The molecule has 0 rings (SSSR count). The molecule has 0 saturated carbocycles. The summed E-state index contributed by atoms with van der Waals surface area (Å²) in [5, 5.41) is 0. The van der Waals surface area contributed by atoms with Crippen LogP contribution in [0.1, 0.15) is 265 Å². The van der Waals surface area contributed by atoms with Gasteiger partial charge in [0.05, 0.1) is 0 Å². The first-order valence-electron chi connectivity index (χ1n) is 23.9. The first-order valence-corrected chi connectivity index (χ1v) is 23.9. The molecule has 1 atom stereocenters. The van der Waals surface area contributed by atoms with Crippen molar-refractivity contribution in [1.29, 1.82) is 0 Å². The van der Waals surface area contributed by atoms with Gasteiger partial charge in [-0.2, -0.15) is 0 Å². The zero-order chi connectivity index (χ0) is 39.6. The molecule has 0 saturated heterocycles. The molecule has 0 N–H and O–H groups in total. The van der Waals surface area contributed by atoms with Crippen LogP contribution in [0.15, 0.2) is 0 Å². The molecular weight excluding hydrogens is 673 g/mol. The van der Waals surface area contributed by atoms with Crippen LogP contribution in [0.25, 0.3) is 0 Å². The summed E-state index contributed by atoms with van der Waals surface area (Å²) < 4.78 is 16.7. The van der Waals surface area contributed by atoms with Gasteiger partial charge in [0.2, 0.25) is 0 Å². The lowest BCUT2D eigenvalue weighted by Gasteiger charge is -2.18. The Labute approximate surface area is 336 Å². The molecular formula is C48H92O6. The Morgan fingerprint density at radius 1 is 0.352 bits per heavy atom. The van der Waals surface area contributed by atoms with Gasteiger partial charge in [0.1, 0.15) is 13.2 Å². The number of rotatable bonds is 43. The van der Waals surface area contributed by atoms with Crippen molar-refractivity contribution in [3.63, 3.8) is 0 Å². The average Bonchev–Trinajstić information content (AvgIpc) is 3.15. The van der Waals surface area contributed by atoms with Gasteiger partial charge in [-0.05, 0) is 25.2 Å². The number of hydrogen-bond acceptors (Lipinski definition) is 6. The van der Waals surface area contributed by atoms with Gasteiger partial charge in [-0.3, -0.25) is 14.4 Å². The molecule has 6 heteroatoms. The Morgan fingerprint density at radius 2 is 0.611 bits per heavy atom. The Kier molecular flexibility index (Phi) is 41.3. The van der Waals surface area contributed by atoms with E-state index in [-0.39, 0.29) is 31.1 Å². The van der Waals surface area contributed by atoms with Crippen LogP contribution < -0.4 is 0 Å². The lowest BCUT2D eigenvalue weighted by atomic mass is 10.0. The van der Waals surface area contributed by atoms with Crippen LogP contribution >= 0.6 is 0 Å². The molecule has 0 aromatic heterocycles. The molecule has 6 nitrogen and oxygen atoms in total. The Balaban J connectivity index is 4.30. The van der Waals surface area contributed by atoms with E-state index >= 15 is 0 Å². The molecule has 0 aromatic carbocycles. The second kappa shape index (κ2) is 42.6. The SMILES string of the molecule is CCCCCCCCCCCCCCCC(=O)OC[C@H](COC(=O)CCCCCCCCCCCCC(C)C)OC(=O)CCCCCCCCCCCC. The summed E-state index contributed by atoms with van der Waals surface area (Å²) in [6, 6.07) is 0. The van der Waals surface area contributed by atoms with Gasteiger partial charge in [-0.15, -0.1) is 0 Å². The topological polar surface area (TPSA) is 78.9 Å². The highest BCUT2D eigenvalue weighted by molar-refractivity contribution is 5.71. The molecule has 54 heavy (non-hydrogen) atoms. The summed E-state index contributed by atoms with van der Waals surface area (Å²) in [5.74, 6) is -0.0334. The van der Waals surface area contributed by atoms with Crippen molar-refractivity contribution in [3.8, 4) is 0 Å². The molecule has 0 aliphatic carbocycles. The van der Waals surface area contributed by atoms with E-state index in [1.165, 1.54) is 161 Å². The van der Waals surface area contributed by atoms with Gasteiger partial charge in [-0.1, -0.05) is 227 Å². The second-order valence-electron chi connectivity index (χ2n) is 16.9. The lowest BCUT2D eigenvalue weighted by molar-refractivity contribution is -0.167. The monoisotopic (exact) mass is 765 g/mol. The molecule has 0 unspecified atom stereocenters. The van der Waals surface area contributed by atoms with Crippen molar-refractivity contribution in [2.75, 3.05) is 13.2 Å². The molecule has 0 aromatic rings. The molecule has 0 aliphatic rings. The van der Waals surface area contributed by atoms with Gasteiger partial charge in [0, 0.05) is 19.3 Å². The van der Waals surface area contributed by atoms with E-state index in [1.54, 1.807) is 0 Å².